The zero-order valence-corrected chi connectivity index (χ0v) is 21.6. The van der Waals surface area contributed by atoms with E-state index in [0.717, 1.165) is 17.0 Å². The molecule has 0 saturated heterocycles. The van der Waals surface area contributed by atoms with Crippen molar-refractivity contribution in [3.05, 3.63) is 102 Å². The first-order valence-electron chi connectivity index (χ1n) is 12.2. The highest BCUT2D eigenvalue weighted by Crippen LogP contribution is 2.38. The van der Waals surface area contributed by atoms with Crippen LogP contribution in [0.1, 0.15) is 76.0 Å². The molecule has 0 radical (unpaired) electrons. The number of phenols is 2. The smallest absolute Gasteiger partial charge is 0.143 e. The molecule has 0 aliphatic carbocycles. The second kappa shape index (κ2) is 11.7. The van der Waals surface area contributed by atoms with E-state index >= 15 is 0 Å². The third-order valence-corrected chi connectivity index (χ3v) is 5.90. The molecular formula is C31H37NO3. The standard InChI is InChI=1S/C22H25NO2.C9H12O/c1-15(2)17-8-7-9-18(12-17)25-22-14-21(24)20(13-19(22)16(3)4)23-10-5-6-11-23;1-7(2)8-4-3-5-9(10)6-8/h5-16,24H,1-4H3;3-7,10H,1-2H3. The van der Waals surface area contributed by atoms with Crippen molar-refractivity contribution >= 4 is 0 Å². The lowest BCUT2D eigenvalue weighted by molar-refractivity contribution is 0.447. The highest BCUT2D eigenvalue weighted by molar-refractivity contribution is 5.56. The van der Waals surface area contributed by atoms with Crippen molar-refractivity contribution in [2.75, 3.05) is 0 Å². The summed E-state index contributed by atoms with van der Waals surface area (Å²) in [6, 6.07) is 23.1. The van der Waals surface area contributed by atoms with Gasteiger partial charge in [0.1, 0.15) is 23.0 Å². The molecular weight excluding hydrogens is 434 g/mol. The normalized spacial score (nSPS) is 11.0. The van der Waals surface area contributed by atoms with Gasteiger partial charge in [-0.1, -0.05) is 65.8 Å². The lowest BCUT2D eigenvalue weighted by atomic mass is 10.0. The summed E-state index contributed by atoms with van der Waals surface area (Å²) < 4.78 is 8.05. The Labute approximate surface area is 209 Å². The molecule has 3 aromatic carbocycles. The molecule has 0 amide bonds. The van der Waals surface area contributed by atoms with Crippen LogP contribution in [0.2, 0.25) is 0 Å². The van der Waals surface area contributed by atoms with Gasteiger partial charge in [-0.25, -0.2) is 0 Å². The Bertz CT molecular complexity index is 1220. The summed E-state index contributed by atoms with van der Waals surface area (Å²) in [5, 5.41) is 19.6. The van der Waals surface area contributed by atoms with Crippen molar-refractivity contribution in [1.82, 2.24) is 4.57 Å². The lowest BCUT2D eigenvalue weighted by Crippen LogP contribution is -1.99. The van der Waals surface area contributed by atoms with E-state index in [2.05, 4.69) is 53.7 Å². The van der Waals surface area contributed by atoms with Gasteiger partial charge in [0, 0.05) is 18.5 Å². The van der Waals surface area contributed by atoms with Gasteiger partial charge in [-0.05, 0) is 76.9 Å². The van der Waals surface area contributed by atoms with Gasteiger partial charge in [-0.15, -0.1) is 0 Å². The van der Waals surface area contributed by atoms with Crippen LogP contribution in [0.5, 0.6) is 23.0 Å². The maximum atomic E-state index is 10.5. The number of rotatable bonds is 6. The molecule has 35 heavy (non-hydrogen) atoms. The first-order chi connectivity index (χ1) is 16.7. The molecule has 0 unspecified atom stereocenters. The Morgan fingerprint density at radius 3 is 1.80 bits per heavy atom. The van der Waals surface area contributed by atoms with Crippen LogP contribution in [0, 0.1) is 0 Å². The van der Waals surface area contributed by atoms with E-state index in [9.17, 15) is 5.11 Å². The van der Waals surface area contributed by atoms with Gasteiger partial charge in [0.25, 0.3) is 0 Å². The number of benzene rings is 3. The summed E-state index contributed by atoms with van der Waals surface area (Å²) in [6.45, 7) is 12.8. The quantitative estimate of drug-likeness (QED) is 0.295. The van der Waals surface area contributed by atoms with Crippen molar-refractivity contribution in [1.29, 1.82) is 0 Å². The number of ether oxygens (including phenoxy) is 1. The maximum absolute atomic E-state index is 10.5. The predicted octanol–water partition coefficient (Wildman–Crippen LogP) is 8.74. The lowest BCUT2D eigenvalue weighted by Gasteiger charge is -2.18. The summed E-state index contributed by atoms with van der Waals surface area (Å²) in [5.41, 5.74) is 4.24. The van der Waals surface area contributed by atoms with Gasteiger partial charge in [0.05, 0.1) is 5.69 Å². The molecule has 2 N–H and O–H groups in total. The molecule has 0 atom stereocenters. The minimum Gasteiger partial charge on any atom is -0.508 e. The van der Waals surface area contributed by atoms with Crippen LogP contribution in [0.15, 0.2) is 85.2 Å². The number of hydrogen-bond acceptors (Lipinski definition) is 3. The fourth-order valence-corrected chi connectivity index (χ4v) is 3.76. The van der Waals surface area contributed by atoms with Gasteiger partial charge in [-0.3, -0.25) is 0 Å². The Morgan fingerprint density at radius 1 is 0.657 bits per heavy atom. The van der Waals surface area contributed by atoms with Crippen LogP contribution in [0.4, 0.5) is 0 Å². The number of aromatic nitrogens is 1. The third kappa shape index (κ3) is 6.92. The van der Waals surface area contributed by atoms with Crippen molar-refractivity contribution in [3.63, 3.8) is 0 Å². The van der Waals surface area contributed by atoms with E-state index in [4.69, 9.17) is 9.84 Å². The summed E-state index contributed by atoms with van der Waals surface area (Å²) in [6.07, 6.45) is 3.84. The molecule has 4 heteroatoms. The molecule has 4 rings (SSSR count). The van der Waals surface area contributed by atoms with E-state index in [1.54, 1.807) is 18.2 Å². The summed E-state index contributed by atoms with van der Waals surface area (Å²) >= 11 is 0. The summed E-state index contributed by atoms with van der Waals surface area (Å²) in [5.74, 6) is 3.26. The molecule has 0 saturated carbocycles. The zero-order valence-electron chi connectivity index (χ0n) is 21.6. The largest absolute Gasteiger partial charge is 0.508 e. The Morgan fingerprint density at radius 2 is 1.26 bits per heavy atom. The Kier molecular flexibility index (Phi) is 8.64. The maximum Gasteiger partial charge on any atom is 0.143 e. The minimum atomic E-state index is 0.204. The average Bonchev–Trinajstić information content (AvgIpc) is 3.34. The average molecular weight is 472 g/mol. The van der Waals surface area contributed by atoms with Gasteiger partial charge < -0.3 is 19.5 Å². The number of aromatic hydroxyl groups is 2. The predicted molar refractivity (Wildman–Crippen MR) is 144 cm³/mol. The molecule has 0 aliphatic heterocycles. The highest BCUT2D eigenvalue weighted by Gasteiger charge is 2.15. The van der Waals surface area contributed by atoms with Crippen LogP contribution in [0.25, 0.3) is 5.69 Å². The summed E-state index contributed by atoms with van der Waals surface area (Å²) in [4.78, 5) is 0. The van der Waals surface area contributed by atoms with Crippen molar-refractivity contribution in [2.45, 2.75) is 59.3 Å². The molecule has 1 aromatic heterocycles. The zero-order chi connectivity index (χ0) is 25.5. The highest BCUT2D eigenvalue weighted by atomic mass is 16.5. The van der Waals surface area contributed by atoms with Gasteiger partial charge in [0.2, 0.25) is 0 Å². The van der Waals surface area contributed by atoms with E-state index in [1.807, 2.05) is 59.4 Å². The van der Waals surface area contributed by atoms with Crippen LogP contribution < -0.4 is 4.74 Å². The fourth-order valence-electron chi connectivity index (χ4n) is 3.76. The van der Waals surface area contributed by atoms with E-state index in [1.165, 1.54) is 11.1 Å². The SMILES string of the molecule is CC(C)c1cccc(O)c1.CC(C)c1cccc(Oc2cc(O)c(-n3cccc3)cc2C(C)C)c1. The number of hydrogen-bond donors (Lipinski definition) is 2. The van der Waals surface area contributed by atoms with E-state index in [-0.39, 0.29) is 11.7 Å². The molecule has 0 aliphatic rings. The van der Waals surface area contributed by atoms with Crippen LogP contribution in [-0.2, 0) is 0 Å². The second-order valence-corrected chi connectivity index (χ2v) is 9.70. The van der Waals surface area contributed by atoms with Crippen molar-refractivity contribution in [3.8, 4) is 28.7 Å². The van der Waals surface area contributed by atoms with E-state index in [0.29, 0.717) is 23.3 Å². The molecule has 0 spiro atoms. The monoisotopic (exact) mass is 471 g/mol. The molecule has 4 nitrogen and oxygen atoms in total. The van der Waals surface area contributed by atoms with Crippen LogP contribution in [0.3, 0.4) is 0 Å². The molecule has 0 fully saturated rings. The topological polar surface area (TPSA) is 54.6 Å². The first-order valence-corrected chi connectivity index (χ1v) is 12.2. The Balaban J connectivity index is 0.000000287. The molecule has 0 bridgehead atoms. The minimum absolute atomic E-state index is 0.204. The van der Waals surface area contributed by atoms with Crippen LogP contribution >= 0.6 is 0 Å². The van der Waals surface area contributed by atoms with Crippen molar-refractivity contribution < 1.29 is 14.9 Å². The fraction of sp³-hybridized carbons (Fsp3) is 0.290. The Hall–Kier alpha value is -3.66. The molecule has 184 valence electrons. The van der Waals surface area contributed by atoms with Gasteiger partial charge >= 0.3 is 0 Å². The van der Waals surface area contributed by atoms with Gasteiger partial charge in [0.15, 0.2) is 0 Å². The van der Waals surface area contributed by atoms with Crippen molar-refractivity contribution in [2.24, 2.45) is 0 Å². The molecule has 1 heterocycles. The van der Waals surface area contributed by atoms with E-state index < -0.39 is 0 Å². The third-order valence-electron chi connectivity index (χ3n) is 5.90. The number of phenolic OH excluding ortho intramolecular Hbond substituents is 2. The molecule has 4 aromatic rings. The first kappa shape index (κ1) is 26.0. The van der Waals surface area contributed by atoms with Gasteiger partial charge in [-0.2, -0.15) is 0 Å². The second-order valence-electron chi connectivity index (χ2n) is 9.70. The number of nitrogens with zero attached hydrogens (tertiary/aromatic N) is 1. The summed E-state index contributed by atoms with van der Waals surface area (Å²) in [7, 11) is 0. The van der Waals surface area contributed by atoms with Crippen LogP contribution in [-0.4, -0.2) is 14.8 Å².